The highest BCUT2D eigenvalue weighted by Gasteiger charge is 2.20. The molecule has 0 atom stereocenters. The Morgan fingerprint density at radius 2 is 1.19 bits per heavy atom. The molecule has 0 N–H and O–H groups in total. The number of hydrogen-bond acceptors (Lipinski definition) is 1. The summed E-state index contributed by atoms with van der Waals surface area (Å²) < 4.78 is 0. The Kier molecular flexibility index (Phi) is 4.99. The zero-order chi connectivity index (χ0) is 23.9. The molecule has 1 nitrogen and oxygen atoms in total. The zero-order valence-electron chi connectivity index (χ0n) is 20.0. The minimum Gasteiger partial charge on any atom is -0.264 e. The Morgan fingerprint density at radius 1 is 0.528 bits per heavy atom. The molecule has 1 aromatic heterocycles. The Labute approximate surface area is 210 Å². The zero-order valence-corrected chi connectivity index (χ0v) is 20.0. The van der Waals surface area contributed by atoms with Crippen LogP contribution in [0.2, 0.25) is 0 Å². The summed E-state index contributed by atoms with van der Waals surface area (Å²) in [5.41, 5.74) is 7.80. The Bertz CT molecular complexity index is 1820. The van der Waals surface area contributed by atoms with E-state index >= 15 is 0 Å². The number of fused-ring (bicyclic) bond motifs is 3. The first-order chi connectivity index (χ1) is 17.9. The molecule has 170 valence electrons. The minimum absolute atomic E-state index is 1.05. The van der Waals surface area contributed by atoms with E-state index in [2.05, 4.69) is 120 Å². The van der Waals surface area contributed by atoms with Crippen LogP contribution in [-0.2, 0) is 0 Å². The van der Waals surface area contributed by atoms with Crippen molar-refractivity contribution < 1.29 is 0 Å². The number of benzene rings is 5. The first kappa shape index (κ1) is 20.8. The van der Waals surface area contributed by atoms with Crippen molar-refractivity contribution in [2.24, 2.45) is 0 Å². The SMILES string of the molecule is C1=c2ccccc2=C(c2ccccc2-c2c3ccccc3c(-c3ccccc3)c3ccncc23)CC1. The van der Waals surface area contributed by atoms with Crippen molar-refractivity contribution in [2.75, 3.05) is 0 Å². The molecule has 0 radical (unpaired) electrons. The molecule has 1 aliphatic carbocycles. The van der Waals surface area contributed by atoms with Gasteiger partial charge in [0.05, 0.1) is 0 Å². The highest BCUT2D eigenvalue weighted by molar-refractivity contribution is 6.21. The maximum atomic E-state index is 4.61. The number of aromatic nitrogens is 1. The summed E-state index contributed by atoms with van der Waals surface area (Å²) in [5, 5.41) is 7.66. The van der Waals surface area contributed by atoms with Crippen molar-refractivity contribution in [3.8, 4) is 22.3 Å². The Balaban J connectivity index is 1.64. The first-order valence-corrected chi connectivity index (χ1v) is 12.6. The van der Waals surface area contributed by atoms with E-state index in [-0.39, 0.29) is 0 Å². The molecule has 0 amide bonds. The standard InChI is InChI=1S/C35H25N/c1-2-12-25(13-3-1)34-30-18-8-9-19-31(30)35(33-23-36-22-21-32(33)34)29-17-7-6-16-28(29)27-20-10-14-24-11-4-5-15-26(24)27/h1-9,11-19,21-23H,10,20H2. The average molecular weight is 460 g/mol. The van der Waals surface area contributed by atoms with Gasteiger partial charge in [-0.05, 0) is 78.9 Å². The topological polar surface area (TPSA) is 12.9 Å². The van der Waals surface area contributed by atoms with Crippen LogP contribution in [0.25, 0.3) is 55.4 Å². The fourth-order valence-electron chi connectivity index (χ4n) is 5.93. The van der Waals surface area contributed by atoms with E-state index in [1.807, 2.05) is 12.4 Å². The second kappa shape index (κ2) is 8.62. The molecule has 0 fully saturated rings. The largest absolute Gasteiger partial charge is 0.264 e. The third-order valence-electron chi connectivity index (χ3n) is 7.45. The fraction of sp³-hybridized carbons (Fsp3) is 0.0571. The molecule has 36 heavy (non-hydrogen) atoms. The summed E-state index contributed by atoms with van der Waals surface area (Å²) in [6.45, 7) is 0. The van der Waals surface area contributed by atoms with Crippen molar-refractivity contribution in [3.05, 3.63) is 138 Å². The van der Waals surface area contributed by atoms with Crippen LogP contribution >= 0.6 is 0 Å². The molecule has 7 rings (SSSR count). The van der Waals surface area contributed by atoms with Crippen LogP contribution in [0, 0.1) is 0 Å². The molecule has 1 heteroatoms. The molecule has 0 bridgehead atoms. The summed E-state index contributed by atoms with van der Waals surface area (Å²) in [6.07, 6.45) is 8.44. The molecule has 6 aromatic rings. The van der Waals surface area contributed by atoms with Gasteiger partial charge in [0.2, 0.25) is 0 Å². The van der Waals surface area contributed by atoms with Gasteiger partial charge in [0.15, 0.2) is 0 Å². The smallest absolute Gasteiger partial charge is 0.0353 e. The lowest BCUT2D eigenvalue weighted by Gasteiger charge is -2.21. The summed E-state index contributed by atoms with van der Waals surface area (Å²) in [7, 11) is 0. The van der Waals surface area contributed by atoms with Crippen molar-refractivity contribution in [3.63, 3.8) is 0 Å². The monoisotopic (exact) mass is 459 g/mol. The number of rotatable bonds is 3. The van der Waals surface area contributed by atoms with E-state index in [1.165, 1.54) is 65.4 Å². The van der Waals surface area contributed by atoms with E-state index in [0.717, 1.165) is 12.8 Å². The van der Waals surface area contributed by atoms with Crippen LogP contribution in [0.4, 0.5) is 0 Å². The Hall–Kier alpha value is -4.49. The van der Waals surface area contributed by atoms with Crippen LogP contribution < -0.4 is 10.4 Å². The van der Waals surface area contributed by atoms with Gasteiger partial charge in [-0.25, -0.2) is 0 Å². The van der Waals surface area contributed by atoms with Gasteiger partial charge in [0.1, 0.15) is 0 Å². The van der Waals surface area contributed by atoms with Gasteiger partial charge in [0, 0.05) is 17.8 Å². The normalized spacial score (nSPS) is 12.9. The fourth-order valence-corrected chi connectivity index (χ4v) is 5.93. The van der Waals surface area contributed by atoms with Gasteiger partial charge in [-0.2, -0.15) is 0 Å². The lowest BCUT2D eigenvalue weighted by molar-refractivity contribution is 1.08. The van der Waals surface area contributed by atoms with Gasteiger partial charge < -0.3 is 0 Å². The predicted molar refractivity (Wildman–Crippen MR) is 152 cm³/mol. The maximum absolute atomic E-state index is 4.61. The van der Waals surface area contributed by atoms with Crippen LogP contribution in [0.5, 0.6) is 0 Å². The number of nitrogens with zero attached hydrogens (tertiary/aromatic N) is 1. The van der Waals surface area contributed by atoms with Gasteiger partial charge in [-0.3, -0.25) is 4.98 Å². The third kappa shape index (κ3) is 3.28. The second-order valence-electron chi connectivity index (χ2n) is 9.44. The van der Waals surface area contributed by atoms with Crippen molar-refractivity contribution >= 4 is 33.2 Å². The number of hydrogen-bond donors (Lipinski definition) is 0. The summed E-state index contributed by atoms with van der Waals surface area (Å²) in [5.74, 6) is 0. The summed E-state index contributed by atoms with van der Waals surface area (Å²) in [6, 6.07) is 39.5. The van der Waals surface area contributed by atoms with E-state index in [0.29, 0.717) is 0 Å². The molecule has 0 saturated heterocycles. The molecular formula is C35H25N. The van der Waals surface area contributed by atoms with Crippen LogP contribution in [0.1, 0.15) is 18.4 Å². The first-order valence-electron chi connectivity index (χ1n) is 12.6. The maximum Gasteiger partial charge on any atom is 0.0353 e. The van der Waals surface area contributed by atoms with E-state index in [1.54, 1.807) is 0 Å². The molecule has 0 spiro atoms. The molecule has 0 saturated carbocycles. The summed E-state index contributed by atoms with van der Waals surface area (Å²) >= 11 is 0. The van der Waals surface area contributed by atoms with Gasteiger partial charge in [-0.15, -0.1) is 0 Å². The van der Waals surface area contributed by atoms with Gasteiger partial charge >= 0.3 is 0 Å². The van der Waals surface area contributed by atoms with Gasteiger partial charge in [0.25, 0.3) is 0 Å². The lowest BCUT2D eigenvalue weighted by atomic mass is 9.83. The number of pyridine rings is 1. The van der Waals surface area contributed by atoms with Crippen molar-refractivity contribution in [1.82, 2.24) is 4.98 Å². The highest BCUT2D eigenvalue weighted by atomic mass is 14.6. The van der Waals surface area contributed by atoms with E-state index in [9.17, 15) is 0 Å². The van der Waals surface area contributed by atoms with Crippen LogP contribution in [0.3, 0.4) is 0 Å². The second-order valence-corrected chi connectivity index (χ2v) is 9.44. The molecule has 1 heterocycles. The van der Waals surface area contributed by atoms with Crippen LogP contribution in [0.15, 0.2) is 122 Å². The molecule has 0 unspecified atom stereocenters. The predicted octanol–water partition coefficient (Wildman–Crippen LogP) is 7.50. The molecule has 0 aliphatic heterocycles. The van der Waals surface area contributed by atoms with Crippen molar-refractivity contribution in [2.45, 2.75) is 12.8 Å². The highest BCUT2D eigenvalue weighted by Crippen LogP contribution is 2.45. The molecular weight excluding hydrogens is 434 g/mol. The minimum atomic E-state index is 1.05. The van der Waals surface area contributed by atoms with E-state index in [4.69, 9.17) is 0 Å². The van der Waals surface area contributed by atoms with Gasteiger partial charge in [-0.1, -0.05) is 109 Å². The lowest BCUT2D eigenvalue weighted by Crippen LogP contribution is -2.29. The van der Waals surface area contributed by atoms with E-state index < -0.39 is 0 Å². The quantitative estimate of drug-likeness (QED) is 0.250. The summed E-state index contributed by atoms with van der Waals surface area (Å²) in [4.78, 5) is 4.61. The van der Waals surface area contributed by atoms with Crippen molar-refractivity contribution in [1.29, 1.82) is 0 Å². The molecule has 5 aromatic carbocycles. The van der Waals surface area contributed by atoms with Crippen LogP contribution in [-0.4, -0.2) is 4.98 Å². The molecule has 1 aliphatic rings. The Morgan fingerprint density at radius 3 is 2.06 bits per heavy atom. The third-order valence-corrected chi connectivity index (χ3v) is 7.45. The average Bonchev–Trinajstić information content (AvgIpc) is 2.96.